The number of piperidine rings is 1. The molecule has 2 aromatic heterocycles. The summed E-state index contributed by atoms with van der Waals surface area (Å²) in [4.78, 5) is 32.8. The molecule has 2 N–H and O–H groups in total. The van der Waals surface area contributed by atoms with Crippen molar-refractivity contribution in [2.75, 3.05) is 5.32 Å². The van der Waals surface area contributed by atoms with Crippen LogP contribution in [0.15, 0.2) is 23.6 Å². The molecule has 2 amide bonds. The van der Waals surface area contributed by atoms with Crippen LogP contribution >= 0.6 is 11.3 Å². The van der Waals surface area contributed by atoms with Crippen molar-refractivity contribution in [2.24, 2.45) is 0 Å². The number of nitrogens with zero attached hydrogens (tertiary/aromatic N) is 2. The first kappa shape index (κ1) is 13.7. The van der Waals surface area contributed by atoms with Gasteiger partial charge in [-0.2, -0.15) is 0 Å². The minimum atomic E-state index is -0.437. The van der Waals surface area contributed by atoms with Gasteiger partial charge >= 0.3 is 0 Å². The second kappa shape index (κ2) is 5.61. The average molecular weight is 302 g/mol. The van der Waals surface area contributed by atoms with Crippen molar-refractivity contribution in [3.63, 3.8) is 0 Å². The topological polar surface area (TPSA) is 84.0 Å². The van der Waals surface area contributed by atoms with Gasteiger partial charge in [0.2, 0.25) is 11.8 Å². The van der Waals surface area contributed by atoms with E-state index in [4.69, 9.17) is 0 Å². The fraction of sp³-hybridized carbons (Fsp3) is 0.286. The zero-order chi connectivity index (χ0) is 14.8. The molecule has 1 aliphatic heterocycles. The molecule has 1 unspecified atom stereocenters. The number of hydrogen-bond acceptors (Lipinski definition) is 6. The Morgan fingerprint density at radius 3 is 2.95 bits per heavy atom. The van der Waals surface area contributed by atoms with Crippen molar-refractivity contribution < 1.29 is 9.59 Å². The molecule has 1 fully saturated rings. The Morgan fingerprint density at radius 1 is 1.38 bits per heavy atom. The number of aromatic nitrogens is 2. The Balaban J connectivity index is 1.82. The Hall–Kier alpha value is -2.28. The van der Waals surface area contributed by atoms with Crippen molar-refractivity contribution in [1.82, 2.24) is 15.3 Å². The Kier molecular flexibility index (Phi) is 3.66. The van der Waals surface area contributed by atoms with Crippen LogP contribution in [0.4, 0.5) is 5.82 Å². The average Bonchev–Trinajstić information content (AvgIpc) is 2.95. The number of thiophene rings is 1. The number of anilines is 1. The van der Waals surface area contributed by atoms with E-state index in [1.54, 1.807) is 17.4 Å². The fourth-order valence-corrected chi connectivity index (χ4v) is 2.83. The van der Waals surface area contributed by atoms with E-state index in [0.717, 1.165) is 10.6 Å². The molecule has 0 aromatic carbocycles. The van der Waals surface area contributed by atoms with Gasteiger partial charge in [-0.15, -0.1) is 11.3 Å². The summed E-state index contributed by atoms with van der Waals surface area (Å²) in [5.74, 6) is 0.705. The van der Waals surface area contributed by atoms with Gasteiger partial charge in [0.25, 0.3) is 0 Å². The van der Waals surface area contributed by atoms with Crippen LogP contribution in [-0.2, 0) is 9.59 Å². The van der Waals surface area contributed by atoms with E-state index in [1.165, 1.54) is 0 Å². The highest BCUT2D eigenvalue weighted by molar-refractivity contribution is 7.13. The Bertz CT molecular complexity index is 684. The van der Waals surface area contributed by atoms with Crippen LogP contribution in [-0.4, -0.2) is 27.8 Å². The minimum Gasteiger partial charge on any atom is -0.358 e. The van der Waals surface area contributed by atoms with E-state index in [0.29, 0.717) is 24.5 Å². The normalized spacial score (nSPS) is 18.4. The van der Waals surface area contributed by atoms with E-state index in [-0.39, 0.29) is 11.8 Å². The number of carbonyl (C=O) groups is 2. The summed E-state index contributed by atoms with van der Waals surface area (Å²) in [5, 5.41) is 7.37. The number of aryl methyl sites for hydroxylation is 1. The third-order valence-electron chi connectivity index (χ3n) is 3.16. The van der Waals surface area contributed by atoms with Gasteiger partial charge in [-0.05, 0) is 24.8 Å². The lowest BCUT2D eigenvalue weighted by atomic mass is 10.1. The summed E-state index contributed by atoms with van der Waals surface area (Å²) < 4.78 is 0. The van der Waals surface area contributed by atoms with Crippen LogP contribution in [0.25, 0.3) is 10.7 Å². The summed E-state index contributed by atoms with van der Waals surface area (Å²) in [6.07, 6.45) is 0.813. The third kappa shape index (κ3) is 3.08. The van der Waals surface area contributed by atoms with Crippen LogP contribution < -0.4 is 10.6 Å². The molecule has 7 heteroatoms. The second-order valence-corrected chi connectivity index (χ2v) is 5.79. The quantitative estimate of drug-likeness (QED) is 0.844. The predicted molar refractivity (Wildman–Crippen MR) is 79.9 cm³/mol. The molecule has 3 heterocycles. The molecule has 0 bridgehead atoms. The Labute approximate surface area is 125 Å². The van der Waals surface area contributed by atoms with Gasteiger partial charge in [-0.3, -0.25) is 14.9 Å². The maximum atomic E-state index is 11.8. The number of carbonyl (C=O) groups excluding carboxylic acids is 2. The summed E-state index contributed by atoms with van der Waals surface area (Å²) in [5.41, 5.74) is 0.822. The first-order chi connectivity index (χ1) is 10.1. The van der Waals surface area contributed by atoms with E-state index in [9.17, 15) is 9.59 Å². The van der Waals surface area contributed by atoms with Crippen molar-refractivity contribution in [3.8, 4) is 10.7 Å². The van der Waals surface area contributed by atoms with Crippen LogP contribution in [0.5, 0.6) is 0 Å². The number of amides is 2. The van der Waals surface area contributed by atoms with Gasteiger partial charge in [0.1, 0.15) is 11.9 Å². The highest BCUT2D eigenvalue weighted by Gasteiger charge is 2.26. The molecule has 108 valence electrons. The largest absolute Gasteiger partial charge is 0.358 e. The zero-order valence-electron chi connectivity index (χ0n) is 11.4. The lowest BCUT2D eigenvalue weighted by Crippen LogP contribution is -2.47. The maximum absolute atomic E-state index is 11.8. The predicted octanol–water partition coefficient (Wildman–Crippen LogP) is 1.73. The van der Waals surface area contributed by atoms with Crippen LogP contribution in [0, 0.1) is 6.92 Å². The summed E-state index contributed by atoms with van der Waals surface area (Å²) in [6, 6.07) is 5.25. The summed E-state index contributed by atoms with van der Waals surface area (Å²) in [7, 11) is 0. The molecule has 1 aliphatic rings. The number of imide groups is 1. The van der Waals surface area contributed by atoms with Crippen LogP contribution in [0.1, 0.15) is 18.5 Å². The highest BCUT2D eigenvalue weighted by Crippen LogP contribution is 2.23. The van der Waals surface area contributed by atoms with E-state index >= 15 is 0 Å². The zero-order valence-corrected chi connectivity index (χ0v) is 12.2. The molecular weight excluding hydrogens is 288 g/mol. The molecule has 0 radical (unpaired) electrons. The lowest BCUT2D eigenvalue weighted by molar-refractivity contribution is -0.133. The SMILES string of the molecule is Cc1cc(NC2CCC(=O)NC2=O)nc(-c2cccs2)n1. The summed E-state index contributed by atoms with van der Waals surface area (Å²) in [6.45, 7) is 1.88. The van der Waals surface area contributed by atoms with Crippen LogP contribution in [0.3, 0.4) is 0 Å². The molecule has 3 rings (SSSR count). The first-order valence-corrected chi connectivity index (χ1v) is 7.49. The standard InChI is InChI=1S/C14H14N4O2S/c1-8-7-11(16-9-4-5-12(19)18-14(9)20)17-13(15-8)10-3-2-6-21-10/h2-3,6-7,9H,4-5H2,1H3,(H,15,16,17)(H,18,19,20). The van der Waals surface area contributed by atoms with Crippen molar-refractivity contribution in [1.29, 1.82) is 0 Å². The highest BCUT2D eigenvalue weighted by atomic mass is 32.1. The molecule has 6 nitrogen and oxygen atoms in total. The second-order valence-electron chi connectivity index (χ2n) is 4.84. The third-order valence-corrected chi connectivity index (χ3v) is 4.02. The molecule has 0 spiro atoms. The smallest absolute Gasteiger partial charge is 0.249 e. The summed E-state index contributed by atoms with van der Waals surface area (Å²) >= 11 is 1.56. The Morgan fingerprint density at radius 2 is 2.24 bits per heavy atom. The van der Waals surface area contributed by atoms with E-state index in [1.807, 2.05) is 24.4 Å². The van der Waals surface area contributed by atoms with Crippen molar-refractivity contribution in [3.05, 3.63) is 29.3 Å². The number of nitrogens with one attached hydrogen (secondary N) is 2. The van der Waals surface area contributed by atoms with Gasteiger partial charge in [0, 0.05) is 18.2 Å². The van der Waals surface area contributed by atoms with E-state index in [2.05, 4.69) is 20.6 Å². The molecule has 0 saturated carbocycles. The fourth-order valence-electron chi connectivity index (χ4n) is 2.17. The van der Waals surface area contributed by atoms with Gasteiger partial charge in [-0.1, -0.05) is 6.07 Å². The number of rotatable bonds is 3. The lowest BCUT2D eigenvalue weighted by Gasteiger charge is -2.22. The van der Waals surface area contributed by atoms with Gasteiger partial charge in [0.05, 0.1) is 4.88 Å². The molecule has 0 aliphatic carbocycles. The van der Waals surface area contributed by atoms with Crippen LogP contribution in [0.2, 0.25) is 0 Å². The van der Waals surface area contributed by atoms with Gasteiger partial charge in [-0.25, -0.2) is 9.97 Å². The molecular formula is C14H14N4O2S. The molecule has 1 saturated heterocycles. The van der Waals surface area contributed by atoms with E-state index < -0.39 is 6.04 Å². The van der Waals surface area contributed by atoms with Crippen molar-refractivity contribution >= 4 is 29.0 Å². The number of hydrogen-bond donors (Lipinski definition) is 2. The molecule has 21 heavy (non-hydrogen) atoms. The van der Waals surface area contributed by atoms with Crippen molar-refractivity contribution in [2.45, 2.75) is 25.8 Å². The maximum Gasteiger partial charge on any atom is 0.249 e. The first-order valence-electron chi connectivity index (χ1n) is 6.61. The molecule has 1 atom stereocenters. The van der Waals surface area contributed by atoms with Gasteiger partial charge in [0.15, 0.2) is 5.82 Å². The van der Waals surface area contributed by atoms with Gasteiger partial charge < -0.3 is 5.32 Å². The molecule has 2 aromatic rings. The minimum absolute atomic E-state index is 0.226. The monoisotopic (exact) mass is 302 g/mol.